The molecule has 2 aliphatic heterocycles. The smallest absolute Gasteiger partial charge is 0.399 e. The molecule has 5 aromatic rings. The molecule has 3 heterocycles. The third-order valence-electron chi connectivity index (χ3n) is 9.75. The molecule has 1 aromatic heterocycles. The lowest BCUT2D eigenvalue weighted by molar-refractivity contribution is -0.175. The van der Waals surface area contributed by atoms with Gasteiger partial charge in [0.2, 0.25) is 0 Å². The fourth-order valence-electron chi connectivity index (χ4n) is 8.19. The Bertz CT molecular complexity index is 1780. The van der Waals surface area contributed by atoms with Crippen molar-refractivity contribution in [2.24, 2.45) is 0 Å². The second kappa shape index (κ2) is 13.3. The van der Waals surface area contributed by atoms with Gasteiger partial charge in [0.1, 0.15) is 18.0 Å². The van der Waals surface area contributed by atoms with Crippen LogP contribution in [-0.2, 0) is 29.7 Å². The Labute approximate surface area is 304 Å². The van der Waals surface area contributed by atoms with Crippen molar-refractivity contribution in [1.29, 1.82) is 0 Å². The average molecular weight is 702 g/mol. The normalized spacial score (nSPS) is 20.8. The summed E-state index contributed by atoms with van der Waals surface area (Å²) in [6.45, 7) is 20.9. The molecule has 0 spiro atoms. The Morgan fingerprint density at radius 1 is 0.529 bits per heavy atom. The van der Waals surface area contributed by atoms with Gasteiger partial charge in [-0.15, -0.1) is 0 Å². The Kier molecular flexibility index (Phi) is 9.23. The van der Waals surface area contributed by atoms with Crippen LogP contribution in [0.4, 0.5) is 0 Å². The molecular weight excluding hydrogens is 653 g/mol. The molecule has 0 bridgehead atoms. The van der Waals surface area contributed by atoms with E-state index in [2.05, 4.69) is 133 Å². The highest BCUT2D eigenvalue weighted by atomic mass is 31.2. The van der Waals surface area contributed by atoms with Gasteiger partial charge in [0, 0.05) is 6.20 Å². The molecule has 0 radical (unpaired) electrons. The van der Waals surface area contributed by atoms with E-state index in [1.54, 1.807) is 12.4 Å². The van der Waals surface area contributed by atoms with Crippen LogP contribution in [0.2, 0.25) is 0 Å². The third-order valence-corrected chi connectivity index (χ3v) is 11.0. The lowest BCUT2D eigenvalue weighted by Crippen LogP contribution is -2.53. The second-order valence-electron chi connectivity index (χ2n) is 15.1. The minimum Gasteiger partial charge on any atom is -0.425 e. The van der Waals surface area contributed by atoms with Crippen LogP contribution < -0.4 is 4.52 Å². The molecule has 51 heavy (non-hydrogen) atoms. The molecule has 6 nitrogen and oxygen atoms in total. The predicted octanol–water partition coefficient (Wildman–Crippen LogP) is 10.6. The van der Waals surface area contributed by atoms with Crippen LogP contribution in [-0.4, -0.2) is 23.0 Å². The van der Waals surface area contributed by atoms with Gasteiger partial charge < -0.3 is 14.0 Å². The first-order chi connectivity index (χ1) is 24.2. The molecule has 0 saturated carbocycles. The summed E-state index contributed by atoms with van der Waals surface area (Å²) in [7, 11) is -2.18. The monoisotopic (exact) mass is 701 g/mol. The molecule has 2 fully saturated rings. The molecule has 4 aromatic carbocycles. The standard InChI is InChI=1S/C44H48NO5P/c1-27-14-28(2)19-35(18-27)43(36-20-29(3)15-30(4)21-36)40-41(47-42(9,10)46-40)44(37-22-31(5)16-32(6)23-37,38-24-33(7)17-34(8)25-38)50-51(49-43)48-39-12-11-13-45-26-39/h11-26,40-41H,1-10H3/t40-,41-/m0/s1. The van der Waals surface area contributed by atoms with E-state index in [4.69, 9.17) is 23.0 Å². The van der Waals surface area contributed by atoms with Gasteiger partial charge in [-0.1, -0.05) is 117 Å². The van der Waals surface area contributed by atoms with Crippen molar-refractivity contribution >= 4 is 8.60 Å². The fraction of sp³-hybridized carbons (Fsp3) is 0.341. The fourth-order valence-corrected chi connectivity index (χ4v) is 9.69. The SMILES string of the molecule is Cc1cc(C)cc(C2(c3cc(C)cc(C)c3)OP(Oc3cccnc3)OC(c3cc(C)cc(C)c3)(c3cc(C)cc(C)c3)[C@H]3OC(C)(C)O[C@@H]32)c1. The highest BCUT2D eigenvalue weighted by molar-refractivity contribution is 7.42. The summed E-state index contributed by atoms with van der Waals surface area (Å²) in [5.41, 5.74) is 10.3. The Hall–Kier alpha value is -3.90. The van der Waals surface area contributed by atoms with Gasteiger partial charge in [0.25, 0.3) is 0 Å². The number of ether oxygens (including phenoxy) is 2. The molecule has 2 aliphatic rings. The molecule has 0 N–H and O–H groups in total. The van der Waals surface area contributed by atoms with Gasteiger partial charge in [-0.2, -0.15) is 0 Å². The van der Waals surface area contributed by atoms with Crippen LogP contribution in [0.5, 0.6) is 5.75 Å². The van der Waals surface area contributed by atoms with Crippen LogP contribution >= 0.6 is 8.60 Å². The van der Waals surface area contributed by atoms with Crippen LogP contribution in [0.15, 0.2) is 97.3 Å². The molecule has 264 valence electrons. The number of aromatic nitrogens is 1. The zero-order valence-corrected chi connectivity index (χ0v) is 32.2. The zero-order valence-electron chi connectivity index (χ0n) is 31.3. The maximum absolute atomic E-state index is 7.61. The summed E-state index contributed by atoms with van der Waals surface area (Å²) < 4.78 is 36.6. The Balaban J connectivity index is 1.64. The predicted molar refractivity (Wildman–Crippen MR) is 203 cm³/mol. The Morgan fingerprint density at radius 3 is 1.16 bits per heavy atom. The molecule has 7 heteroatoms. The summed E-state index contributed by atoms with van der Waals surface area (Å²) in [4.78, 5) is 4.37. The average Bonchev–Trinajstić information content (AvgIpc) is 3.30. The molecular formula is C44H48NO5P. The maximum Gasteiger partial charge on any atom is 0.399 e. The molecule has 0 unspecified atom stereocenters. The number of benzene rings is 4. The minimum atomic E-state index is -2.18. The number of aryl methyl sites for hydroxylation is 8. The second-order valence-corrected chi connectivity index (χ2v) is 16.1. The van der Waals surface area contributed by atoms with Crippen LogP contribution in [0.3, 0.4) is 0 Å². The van der Waals surface area contributed by atoms with Crippen molar-refractivity contribution in [3.8, 4) is 5.75 Å². The van der Waals surface area contributed by atoms with Crippen molar-refractivity contribution in [3.05, 3.63) is 164 Å². The summed E-state index contributed by atoms with van der Waals surface area (Å²) in [5.74, 6) is -0.444. The molecule has 2 saturated heterocycles. The first kappa shape index (κ1) is 35.5. The van der Waals surface area contributed by atoms with E-state index in [0.717, 1.165) is 66.8 Å². The van der Waals surface area contributed by atoms with E-state index in [9.17, 15) is 0 Å². The van der Waals surface area contributed by atoms with E-state index in [-0.39, 0.29) is 0 Å². The van der Waals surface area contributed by atoms with Gasteiger partial charge in [0.15, 0.2) is 17.0 Å². The van der Waals surface area contributed by atoms with Crippen molar-refractivity contribution in [3.63, 3.8) is 0 Å². The van der Waals surface area contributed by atoms with E-state index in [1.807, 2.05) is 26.0 Å². The minimum absolute atomic E-state index is 0.544. The number of nitrogens with zero attached hydrogens (tertiary/aromatic N) is 1. The molecule has 2 atom stereocenters. The summed E-state index contributed by atoms with van der Waals surface area (Å²) >= 11 is 0. The molecule has 0 amide bonds. The van der Waals surface area contributed by atoms with Crippen molar-refractivity contribution in [1.82, 2.24) is 4.98 Å². The largest absolute Gasteiger partial charge is 0.425 e. The number of hydrogen-bond acceptors (Lipinski definition) is 6. The van der Waals surface area contributed by atoms with Gasteiger partial charge in [-0.3, -0.25) is 14.0 Å². The van der Waals surface area contributed by atoms with E-state index < -0.39 is 37.8 Å². The van der Waals surface area contributed by atoms with Crippen LogP contribution in [0.25, 0.3) is 0 Å². The lowest BCUT2D eigenvalue weighted by atomic mass is 9.70. The van der Waals surface area contributed by atoms with Crippen LogP contribution in [0, 0.1) is 55.4 Å². The van der Waals surface area contributed by atoms with Gasteiger partial charge >= 0.3 is 8.60 Å². The number of pyridine rings is 1. The zero-order chi connectivity index (χ0) is 36.3. The van der Waals surface area contributed by atoms with E-state index in [1.165, 1.54) is 0 Å². The first-order valence-corrected chi connectivity index (χ1v) is 18.7. The van der Waals surface area contributed by atoms with Crippen LogP contribution in [0.1, 0.15) is 80.6 Å². The summed E-state index contributed by atoms with van der Waals surface area (Å²) in [5, 5.41) is 0. The van der Waals surface area contributed by atoms with Crippen molar-refractivity contribution in [2.75, 3.05) is 0 Å². The highest BCUT2D eigenvalue weighted by Crippen LogP contribution is 2.65. The van der Waals surface area contributed by atoms with Crippen molar-refractivity contribution in [2.45, 2.75) is 98.4 Å². The number of hydrogen-bond donors (Lipinski definition) is 0. The molecule has 7 rings (SSSR count). The summed E-state index contributed by atoms with van der Waals surface area (Å²) in [6.07, 6.45) is 2.04. The number of rotatable bonds is 6. The highest BCUT2D eigenvalue weighted by Gasteiger charge is 2.68. The lowest BCUT2D eigenvalue weighted by Gasteiger charge is -2.42. The summed E-state index contributed by atoms with van der Waals surface area (Å²) in [6, 6.07) is 30.1. The Morgan fingerprint density at radius 2 is 0.863 bits per heavy atom. The topological polar surface area (TPSA) is 59.0 Å². The van der Waals surface area contributed by atoms with Gasteiger partial charge in [-0.05, 0) is 104 Å². The number of fused-ring (bicyclic) bond motifs is 1. The first-order valence-electron chi connectivity index (χ1n) is 17.6. The van der Waals surface area contributed by atoms with Gasteiger partial charge in [0.05, 0.1) is 6.20 Å². The third kappa shape index (κ3) is 6.65. The maximum atomic E-state index is 7.61. The van der Waals surface area contributed by atoms with Crippen molar-refractivity contribution < 1.29 is 23.0 Å². The quantitative estimate of drug-likeness (QED) is 0.164. The molecule has 0 aliphatic carbocycles. The van der Waals surface area contributed by atoms with E-state index >= 15 is 0 Å². The van der Waals surface area contributed by atoms with Gasteiger partial charge in [-0.25, -0.2) is 0 Å². The van der Waals surface area contributed by atoms with E-state index in [0.29, 0.717) is 5.75 Å².